The smallest absolute Gasteiger partial charge is 0.160 e. The van der Waals surface area contributed by atoms with Crippen molar-refractivity contribution in [3.05, 3.63) is 164 Å². The van der Waals surface area contributed by atoms with E-state index in [1.165, 1.54) is 32.9 Å². The predicted octanol–water partition coefficient (Wildman–Crippen LogP) is 10.2. The van der Waals surface area contributed by atoms with Crippen molar-refractivity contribution in [2.75, 3.05) is 0 Å². The minimum atomic E-state index is 0.715. The lowest BCUT2D eigenvalue weighted by molar-refractivity contribution is 1.16. The van der Waals surface area contributed by atoms with Gasteiger partial charge in [-0.1, -0.05) is 133 Å². The minimum absolute atomic E-state index is 0.715. The molecule has 0 atom stereocenters. The first kappa shape index (κ1) is 25.0. The van der Waals surface area contributed by atoms with Crippen LogP contribution in [0.5, 0.6) is 0 Å². The molecule has 0 saturated heterocycles. The van der Waals surface area contributed by atoms with Crippen molar-refractivity contribution in [2.24, 2.45) is 0 Å². The molecule has 202 valence electrons. The maximum atomic E-state index is 5.08. The summed E-state index contributed by atoms with van der Waals surface area (Å²) in [5.74, 6) is 0.715. The van der Waals surface area contributed by atoms with Gasteiger partial charge in [0.25, 0.3) is 0 Å². The van der Waals surface area contributed by atoms with E-state index in [1.54, 1.807) is 0 Å². The monoisotopic (exact) mass is 549 g/mol. The highest BCUT2D eigenvalue weighted by Crippen LogP contribution is 2.36. The molecule has 6 aromatic carbocycles. The molecule has 2 heterocycles. The second kappa shape index (κ2) is 10.6. The summed E-state index contributed by atoms with van der Waals surface area (Å²) in [6.45, 7) is 0. The molecule has 0 unspecified atom stereocenters. The summed E-state index contributed by atoms with van der Waals surface area (Å²) in [6, 6.07) is 57.3. The Balaban J connectivity index is 1.33. The summed E-state index contributed by atoms with van der Waals surface area (Å²) in [4.78, 5) is 10.1. The number of fused-ring (bicyclic) bond motifs is 3. The van der Waals surface area contributed by atoms with Crippen LogP contribution in [0.1, 0.15) is 0 Å². The fourth-order valence-electron chi connectivity index (χ4n) is 5.93. The number of benzene rings is 6. The van der Waals surface area contributed by atoms with E-state index >= 15 is 0 Å². The lowest BCUT2D eigenvalue weighted by Gasteiger charge is -2.12. The molecule has 0 aliphatic heterocycles. The summed E-state index contributed by atoms with van der Waals surface area (Å²) >= 11 is 0. The molecule has 0 N–H and O–H groups in total. The normalized spacial score (nSPS) is 11.3. The van der Waals surface area contributed by atoms with Gasteiger partial charge < -0.3 is 4.57 Å². The molecule has 3 heteroatoms. The molecule has 0 saturated carbocycles. The predicted molar refractivity (Wildman–Crippen MR) is 178 cm³/mol. The Hall–Kier alpha value is -5.80. The fourth-order valence-corrected chi connectivity index (χ4v) is 5.93. The van der Waals surface area contributed by atoms with Gasteiger partial charge in [0, 0.05) is 33.2 Å². The van der Waals surface area contributed by atoms with Crippen LogP contribution < -0.4 is 0 Å². The van der Waals surface area contributed by atoms with E-state index in [1.807, 2.05) is 36.4 Å². The third-order valence-electron chi connectivity index (χ3n) is 8.01. The third-order valence-corrected chi connectivity index (χ3v) is 8.01. The molecule has 0 fully saturated rings. The van der Waals surface area contributed by atoms with Crippen LogP contribution >= 0.6 is 0 Å². The van der Waals surface area contributed by atoms with Crippen molar-refractivity contribution in [3.8, 4) is 50.7 Å². The Morgan fingerprint density at radius 2 is 0.930 bits per heavy atom. The molecule has 43 heavy (non-hydrogen) atoms. The first-order valence-corrected chi connectivity index (χ1v) is 14.5. The molecule has 0 aliphatic carbocycles. The van der Waals surface area contributed by atoms with Crippen LogP contribution in [0.4, 0.5) is 0 Å². The number of rotatable bonds is 5. The third kappa shape index (κ3) is 4.58. The van der Waals surface area contributed by atoms with Crippen molar-refractivity contribution in [1.29, 1.82) is 0 Å². The standard InChI is InChI=1S/C40H27N3/c1-4-13-28(14-5-1)31-23-24-35-34-21-10-11-22-38(34)43(39(35)26-31)33-20-12-19-32(25-33)37-27-36(29-15-6-2-7-16-29)41-40(42-37)30-17-8-3-9-18-30/h1-27H. The summed E-state index contributed by atoms with van der Waals surface area (Å²) in [7, 11) is 0. The van der Waals surface area contributed by atoms with Crippen molar-refractivity contribution >= 4 is 21.8 Å². The molecule has 3 nitrogen and oxygen atoms in total. The van der Waals surface area contributed by atoms with Crippen molar-refractivity contribution in [1.82, 2.24) is 14.5 Å². The van der Waals surface area contributed by atoms with Crippen LogP contribution in [0.3, 0.4) is 0 Å². The molecular weight excluding hydrogens is 522 g/mol. The van der Waals surface area contributed by atoms with Crippen LogP contribution in [-0.4, -0.2) is 14.5 Å². The summed E-state index contributed by atoms with van der Waals surface area (Å²) in [5, 5.41) is 2.47. The van der Waals surface area contributed by atoms with E-state index in [4.69, 9.17) is 9.97 Å². The van der Waals surface area contributed by atoms with Crippen LogP contribution in [-0.2, 0) is 0 Å². The van der Waals surface area contributed by atoms with E-state index in [0.717, 1.165) is 33.8 Å². The summed E-state index contributed by atoms with van der Waals surface area (Å²) in [6.07, 6.45) is 0. The van der Waals surface area contributed by atoms with Gasteiger partial charge >= 0.3 is 0 Å². The van der Waals surface area contributed by atoms with Gasteiger partial charge in [0.2, 0.25) is 0 Å². The Labute approximate surface area is 250 Å². The Morgan fingerprint density at radius 1 is 0.349 bits per heavy atom. The van der Waals surface area contributed by atoms with E-state index in [-0.39, 0.29) is 0 Å². The number of hydrogen-bond donors (Lipinski definition) is 0. The highest BCUT2D eigenvalue weighted by atomic mass is 15.0. The highest BCUT2D eigenvalue weighted by Gasteiger charge is 2.15. The van der Waals surface area contributed by atoms with Crippen LogP contribution in [0.2, 0.25) is 0 Å². The number of aromatic nitrogens is 3. The largest absolute Gasteiger partial charge is 0.309 e. The van der Waals surface area contributed by atoms with Gasteiger partial charge in [-0.05, 0) is 41.5 Å². The zero-order chi connectivity index (χ0) is 28.6. The molecule has 2 aromatic heterocycles. The van der Waals surface area contributed by atoms with Crippen LogP contribution in [0, 0.1) is 0 Å². The van der Waals surface area contributed by atoms with Crippen molar-refractivity contribution in [2.45, 2.75) is 0 Å². The number of para-hydroxylation sites is 1. The molecule has 0 spiro atoms. The Bertz CT molecular complexity index is 2160. The van der Waals surface area contributed by atoms with Crippen LogP contribution in [0.15, 0.2) is 164 Å². The molecule has 8 aromatic rings. The molecule has 0 amide bonds. The first-order valence-electron chi connectivity index (χ1n) is 14.5. The van der Waals surface area contributed by atoms with Crippen LogP contribution in [0.25, 0.3) is 72.5 Å². The summed E-state index contributed by atoms with van der Waals surface area (Å²) in [5.41, 5.74) is 10.7. The Kier molecular flexibility index (Phi) is 6.12. The van der Waals surface area contributed by atoms with Gasteiger partial charge in [-0.3, -0.25) is 0 Å². The molecular formula is C40H27N3. The van der Waals surface area contributed by atoms with Gasteiger partial charge in [-0.15, -0.1) is 0 Å². The van der Waals surface area contributed by atoms with Gasteiger partial charge in [0.1, 0.15) is 0 Å². The van der Waals surface area contributed by atoms with Crippen molar-refractivity contribution in [3.63, 3.8) is 0 Å². The zero-order valence-electron chi connectivity index (χ0n) is 23.4. The van der Waals surface area contributed by atoms with E-state index in [2.05, 4.69) is 132 Å². The zero-order valence-corrected chi connectivity index (χ0v) is 23.4. The lowest BCUT2D eigenvalue weighted by atomic mass is 10.0. The molecule has 0 bridgehead atoms. The number of hydrogen-bond acceptors (Lipinski definition) is 2. The topological polar surface area (TPSA) is 30.7 Å². The maximum Gasteiger partial charge on any atom is 0.160 e. The average Bonchev–Trinajstić information content (AvgIpc) is 3.43. The molecule has 0 aliphatic rings. The minimum Gasteiger partial charge on any atom is -0.309 e. The quantitative estimate of drug-likeness (QED) is 0.214. The first-order chi connectivity index (χ1) is 21.3. The number of nitrogens with zero attached hydrogens (tertiary/aromatic N) is 3. The average molecular weight is 550 g/mol. The van der Waals surface area contributed by atoms with E-state index in [0.29, 0.717) is 5.82 Å². The van der Waals surface area contributed by atoms with E-state index < -0.39 is 0 Å². The van der Waals surface area contributed by atoms with Gasteiger partial charge in [0.05, 0.1) is 22.4 Å². The summed E-state index contributed by atoms with van der Waals surface area (Å²) < 4.78 is 2.37. The molecule has 8 rings (SSSR count). The fraction of sp³-hybridized carbons (Fsp3) is 0. The SMILES string of the molecule is c1ccc(-c2ccc3c4ccccc4n(-c4cccc(-c5cc(-c6ccccc6)nc(-c6ccccc6)n5)c4)c3c2)cc1. The Morgan fingerprint density at radius 3 is 1.67 bits per heavy atom. The maximum absolute atomic E-state index is 5.08. The van der Waals surface area contributed by atoms with Gasteiger partial charge in [-0.2, -0.15) is 0 Å². The lowest BCUT2D eigenvalue weighted by Crippen LogP contribution is -1.98. The highest BCUT2D eigenvalue weighted by molar-refractivity contribution is 6.10. The van der Waals surface area contributed by atoms with Crippen molar-refractivity contribution < 1.29 is 0 Å². The second-order valence-electron chi connectivity index (χ2n) is 10.7. The van der Waals surface area contributed by atoms with Gasteiger partial charge in [0.15, 0.2) is 5.82 Å². The van der Waals surface area contributed by atoms with Gasteiger partial charge in [-0.25, -0.2) is 9.97 Å². The van der Waals surface area contributed by atoms with E-state index in [9.17, 15) is 0 Å². The molecule has 0 radical (unpaired) electrons. The second-order valence-corrected chi connectivity index (χ2v) is 10.7.